The highest BCUT2D eigenvalue weighted by Gasteiger charge is 2.18. The van der Waals surface area contributed by atoms with E-state index in [4.69, 9.17) is 0 Å². The van der Waals surface area contributed by atoms with Gasteiger partial charge < -0.3 is 10.2 Å². The Kier molecular flexibility index (Phi) is 4.43. The highest BCUT2D eigenvalue weighted by atomic mass is 16.3. The molecule has 2 N–H and O–H groups in total. The molecule has 0 bridgehead atoms. The summed E-state index contributed by atoms with van der Waals surface area (Å²) in [6.07, 6.45) is 4.77. The predicted molar refractivity (Wildman–Crippen MR) is 73.5 cm³/mol. The zero-order valence-corrected chi connectivity index (χ0v) is 11.4. The molecule has 2 rings (SSSR count). The van der Waals surface area contributed by atoms with Crippen LogP contribution in [0.4, 0.5) is 0 Å². The van der Waals surface area contributed by atoms with Crippen molar-refractivity contribution >= 4 is 5.78 Å². The number of hydrogen-bond acceptors (Lipinski definition) is 4. The summed E-state index contributed by atoms with van der Waals surface area (Å²) in [5.41, 5.74) is 0.747. The van der Waals surface area contributed by atoms with Crippen molar-refractivity contribution in [3.05, 3.63) is 23.3 Å². The van der Waals surface area contributed by atoms with E-state index in [-0.39, 0.29) is 22.8 Å². The van der Waals surface area contributed by atoms with Crippen LogP contribution in [0, 0.1) is 0 Å². The molecule has 1 aliphatic heterocycles. The van der Waals surface area contributed by atoms with Crippen molar-refractivity contribution in [2.75, 3.05) is 13.1 Å². The zero-order valence-electron chi connectivity index (χ0n) is 11.4. The molecule has 104 valence electrons. The fourth-order valence-electron chi connectivity index (χ4n) is 2.58. The van der Waals surface area contributed by atoms with Crippen LogP contribution < -0.4 is 0 Å². The third-order valence-electron chi connectivity index (χ3n) is 3.72. The molecule has 19 heavy (non-hydrogen) atoms. The monoisotopic (exact) mass is 263 g/mol. The van der Waals surface area contributed by atoms with Crippen LogP contribution in [0.1, 0.15) is 48.5 Å². The molecule has 1 aromatic rings. The van der Waals surface area contributed by atoms with Crippen LogP contribution in [0.15, 0.2) is 12.1 Å². The number of ketones is 1. The Labute approximate surface area is 113 Å². The van der Waals surface area contributed by atoms with Crippen LogP contribution in [0.25, 0.3) is 0 Å². The molecule has 0 unspecified atom stereocenters. The summed E-state index contributed by atoms with van der Waals surface area (Å²) in [4.78, 5) is 13.6. The number of nitrogens with zero attached hydrogens (tertiary/aromatic N) is 1. The lowest BCUT2D eigenvalue weighted by Crippen LogP contribution is -2.24. The third-order valence-corrected chi connectivity index (χ3v) is 3.72. The van der Waals surface area contributed by atoms with Crippen molar-refractivity contribution in [3.63, 3.8) is 0 Å². The van der Waals surface area contributed by atoms with E-state index in [0.717, 1.165) is 25.9 Å². The van der Waals surface area contributed by atoms with Gasteiger partial charge in [0.15, 0.2) is 5.78 Å². The van der Waals surface area contributed by atoms with Crippen molar-refractivity contribution in [1.82, 2.24) is 4.90 Å². The quantitative estimate of drug-likeness (QED) is 0.823. The van der Waals surface area contributed by atoms with Gasteiger partial charge in [-0.15, -0.1) is 0 Å². The molecule has 0 aliphatic carbocycles. The minimum absolute atomic E-state index is 0.0618. The SMILES string of the molecule is CC(=O)c1ccc(O)c(CN2CCCCCC2)c1O. The van der Waals surface area contributed by atoms with E-state index in [1.165, 1.54) is 31.9 Å². The average Bonchev–Trinajstić information content (AvgIpc) is 2.62. The largest absolute Gasteiger partial charge is 0.507 e. The van der Waals surface area contributed by atoms with E-state index in [0.29, 0.717) is 12.1 Å². The first kappa shape index (κ1) is 13.9. The second kappa shape index (κ2) is 6.06. The van der Waals surface area contributed by atoms with Crippen LogP contribution in [-0.4, -0.2) is 34.0 Å². The smallest absolute Gasteiger partial charge is 0.163 e. The van der Waals surface area contributed by atoms with E-state index in [2.05, 4.69) is 4.90 Å². The van der Waals surface area contributed by atoms with E-state index in [9.17, 15) is 15.0 Å². The van der Waals surface area contributed by atoms with Crippen molar-refractivity contribution in [2.24, 2.45) is 0 Å². The Balaban J connectivity index is 2.23. The normalized spacial score (nSPS) is 17.1. The molecule has 0 amide bonds. The molecule has 1 saturated heterocycles. The van der Waals surface area contributed by atoms with Gasteiger partial charge in [-0.3, -0.25) is 9.69 Å². The minimum Gasteiger partial charge on any atom is -0.507 e. The maximum absolute atomic E-state index is 11.4. The Hall–Kier alpha value is -1.55. The molecule has 0 radical (unpaired) electrons. The van der Waals surface area contributed by atoms with E-state index >= 15 is 0 Å². The number of carbonyl (C=O) groups excluding carboxylic acids is 1. The van der Waals surface area contributed by atoms with Gasteiger partial charge in [0.1, 0.15) is 11.5 Å². The number of phenols is 2. The molecular formula is C15H21NO3. The molecule has 4 nitrogen and oxygen atoms in total. The fourth-order valence-corrected chi connectivity index (χ4v) is 2.58. The van der Waals surface area contributed by atoms with Gasteiger partial charge in [-0.2, -0.15) is 0 Å². The number of hydrogen-bond donors (Lipinski definition) is 2. The number of benzene rings is 1. The number of rotatable bonds is 3. The number of likely N-dealkylation sites (tertiary alicyclic amines) is 1. The average molecular weight is 263 g/mol. The van der Waals surface area contributed by atoms with Gasteiger partial charge in [0, 0.05) is 6.54 Å². The van der Waals surface area contributed by atoms with Crippen molar-refractivity contribution < 1.29 is 15.0 Å². The van der Waals surface area contributed by atoms with Gasteiger partial charge in [0.2, 0.25) is 0 Å². The Morgan fingerprint density at radius 3 is 2.37 bits per heavy atom. The molecule has 0 aromatic heterocycles. The van der Waals surface area contributed by atoms with Gasteiger partial charge in [0.25, 0.3) is 0 Å². The van der Waals surface area contributed by atoms with Crippen LogP contribution in [-0.2, 0) is 6.54 Å². The summed E-state index contributed by atoms with van der Waals surface area (Å²) < 4.78 is 0. The summed E-state index contributed by atoms with van der Waals surface area (Å²) in [5, 5.41) is 20.0. The lowest BCUT2D eigenvalue weighted by molar-refractivity contribution is 0.101. The van der Waals surface area contributed by atoms with Gasteiger partial charge in [0.05, 0.1) is 11.1 Å². The minimum atomic E-state index is -0.186. The highest BCUT2D eigenvalue weighted by Crippen LogP contribution is 2.32. The van der Waals surface area contributed by atoms with Crippen molar-refractivity contribution in [1.29, 1.82) is 0 Å². The van der Waals surface area contributed by atoms with E-state index < -0.39 is 0 Å². The molecule has 1 aromatic carbocycles. The second-order valence-electron chi connectivity index (χ2n) is 5.21. The highest BCUT2D eigenvalue weighted by molar-refractivity contribution is 5.97. The topological polar surface area (TPSA) is 60.8 Å². The number of Topliss-reactive ketones (excluding diaryl/α,β-unsaturated/α-hetero) is 1. The predicted octanol–water partition coefficient (Wildman–Crippen LogP) is 2.68. The zero-order chi connectivity index (χ0) is 13.8. The first-order valence-corrected chi connectivity index (χ1v) is 6.86. The summed E-state index contributed by atoms with van der Waals surface area (Å²) >= 11 is 0. The molecule has 4 heteroatoms. The van der Waals surface area contributed by atoms with Crippen LogP contribution in [0.2, 0.25) is 0 Å². The summed E-state index contributed by atoms with van der Waals surface area (Å²) in [6.45, 7) is 3.87. The Bertz CT molecular complexity index is 463. The number of carbonyl (C=O) groups is 1. The summed E-state index contributed by atoms with van der Waals surface area (Å²) in [7, 11) is 0. The van der Waals surface area contributed by atoms with Gasteiger partial charge in [-0.05, 0) is 45.0 Å². The van der Waals surface area contributed by atoms with E-state index in [1.807, 2.05) is 0 Å². The molecular weight excluding hydrogens is 242 g/mol. The molecule has 0 atom stereocenters. The molecule has 0 saturated carbocycles. The Morgan fingerprint density at radius 2 is 1.79 bits per heavy atom. The van der Waals surface area contributed by atoms with Crippen molar-refractivity contribution in [2.45, 2.75) is 39.2 Å². The molecule has 1 heterocycles. The fraction of sp³-hybridized carbons (Fsp3) is 0.533. The first-order valence-electron chi connectivity index (χ1n) is 6.86. The van der Waals surface area contributed by atoms with Crippen LogP contribution in [0.3, 0.4) is 0 Å². The summed E-state index contributed by atoms with van der Waals surface area (Å²) in [5.74, 6) is -0.196. The van der Waals surface area contributed by atoms with Gasteiger partial charge >= 0.3 is 0 Å². The maximum atomic E-state index is 11.4. The van der Waals surface area contributed by atoms with Crippen LogP contribution in [0.5, 0.6) is 11.5 Å². The summed E-state index contributed by atoms with van der Waals surface area (Å²) in [6, 6.07) is 2.96. The number of aromatic hydroxyl groups is 2. The first-order chi connectivity index (χ1) is 9.09. The van der Waals surface area contributed by atoms with Gasteiger partial charge in [-0.1, -0.05) is 12.8 Å². The maximum Gasteiger partial charge on any atom is 0.163 e. The Morgan fingerprint density at radius 1 is 1.16 bits per heavy atom. The third kappa shape index (κ3) is 3.26. The standard InChI is InChI=1S/C15H21NO3/c1-11(17)12-6-7-14(18)13(15(12)19)10-16-8-4-2-3-5-9-16/h6-7,18-19H,2-5,8-10H2,1H3. The van der Waals surface area contributed by atoms with Crippen molar-refractivity contribution in [3.8, 4) is 11.5 Å². The van der Waals surface area contributed by atoms with Gasteiger partial charge in [-0.25, -0.2) is 0 Å². The molecule has 0 spiro atoms. The lowest BCUT2D eigenvalue weighted by Gasteiger charge is -2.21. The molecule has 1 aliphatic rings. The second-order valence-corrected chi connectivity index (χ2v) is 5.21. The lowest BCUT2D eigenvalue weighted by atomic mass is 10.0. The van der Waals surface area contributed by atoms with E-state index in [1.54, 1.807) is 0 Å². The van der Waals surface area contributed by atoms with Crippen LogP contribution >= 0.6 is 0 Å². The molecule has 1 fully saturated rings. The number of phenolic OH excluding ortho intramolecular Hbond substituents is 2.